The molecule has 7 heteroatoms. The average molecular weight is 411 g/mol. The predicted octanol–water partition coefficient (Wildman–Crippen LogP) is 5.78. The van der Waals surface area contributed by atoms with E-state index >= 15 is 0 Å². The Morgan fingerprint density at radius 3 is 2.48 bits per heavy atom. The summed E-state index contributed by atoms with van der Waals surface area (Å²) in [6, 6.07) is 18.8. The molecular weight excluding hydrogens is 395 g/mol. The van der Waals surface area contributed by atoms with Gasteiger partial charge in [0.25, 0.3) is 5.89 Å². The summed E-state index contributed by atoms with van der Waals surface area (Å²) in [5.41, 5.74) is 1.93. The number of ether oxygens (including phenoxy) is 2. The normalized spacial score (nSPS) is 10.7. The molecule has 1 aromatic heterocycles. The highest BCUT2D eigenvalue weighted by atomic mass is 35.5. The maximum Gasteiger partial charge on any atom is 0.258 e. The van der Waals surface area contributed by atoms with Crippen molar-refractivity contribution in [3.05, 3.63) is 83.1 Å². The lowest BCUT2D eigenvalue weighted by molar-refractivity contribution is 0.280. The lowest BCUT2D eigenvalue weighted by atomic mass is 10.2. The summed E-state index contributed by atoms with van der Waals surface area (Å²) in [5.74, 6) is 1.45. The van der Waals surface area contributed by atoms with Crippen molar-refractivity contribution in [1.82, 2.24) is 10.1 Å². The number of benzene rings is 3. The molecule has 0 aliphatic heterocycles. The molecule has 0 bridgehead atoms. The van der Waals surface area contributed by atoms with Gasteiger partial charge < -0.3 is 14.0 Å². The smallest absolute Gasteiger partial charge is 0.258 e. The monoisotopic (exact) mass is 410 g/mol. The highest BCUT2D eigenvalue weighted by Gasteiger charge is 2.14. The molecular formula is C22H16ClFN2O3. The molecule has 4 aromatic rings. The quantitative estimate of drug-likeness (QED) is 0.403. The van der Waals surface area contributed by atoms with Crippen LogP contribution >= 0.6 is 11.6 Å². The van der Waals surface area contributed by atoms with Crippen LogP contribution in [0.3, 0.4) is 0 Å². The molecule has 0 amide bonds. The minimum atomic E-state index is -0.315. The van der Waals surface area contributed by atoms with Crippen LogP contribution in [0.2, 0.25) is 5.02 Å². The molecule has 4 rings (SSSR count). The first-order valence-electron chi connectivity index (χ1n) is 8.78. The van der Waals surface area contributed by atoms with E-state index in [-0.39, 0.29) is 12.4 Å². The van der Waals surface area contributed by atoms with Crippen LogP contribution in [-0.4, -0.2) is 17.3 Å². The zero-order valence-corrected chi connectivity index (χ0v) is 16.2. The van der Waals surface area contributed by atoms with Crippen molar-refractivity contribution in [3.63, 3.8) is 0 Å². The minimum absolute atomic E-state index is 0.0886. The van der Waals surface area contributed by atoms with Crippen LogP contribution in [0.4, 0.5) is 4.39 Å². The maximum absolute atomic E-state index is 13.8. The molecule has 0 spiro atoms. The Bertz CT molecular complexity index is 1130. The molecule has 0 unspecified atom stereocenters. The zero-order valence-electron chi connectivity index (χ0n) is 15.4. The van der Waals surface area contributed by atoms with E-state index in [2.05, 4.69) is 10.1 Å². The molecule has 0 aliphatic rings. The van der Waals surface area contributed by atoms with Gasteiger partial charge in [-0.2, -0.15) is 4.98 Å². The first-order chi connectivity index (χ1) is 14.1. The Hall–Kier alpha value is -3.38. The molecule has 29 heavy (non-hydrogen) atoms. The van der Waals surface area contributed by atoms with Crippen molar-refractivity contribution >= 4 is 11.6 Å². The Balaban J connectivity index is 1.55. The van der Waals surface area contributed by atoms with Crippen LogP contribution in [0.1, 0.15) is 5.56 Å². The van der Waals surface area contributed by atoms with Crippen LogP contribution in [0, 0.1) is 5.82 Å². The molecule has 1 heterocycles. The largest absolute Gasteiger partial charge is 0.493 e. The number of hydrogen-bond donors (Lipinski definition) is 0. The molecule has 0 N–H and O–H groups in total. The second kappa shape index (κ2) is 8.32. The molecule has 0 saturated heterocycles. The maximum atomic E-state index is 13.8. The van der Waals surface area contributed by atoms with Gasteiger partial charge >= 0.3 is 0 Å². The van der Waals surface area contributed by atoms with Crippen LogP contribution < -0.4 is 9.47 Å². The number of halogens is 2. The van der Waals surface area contributed by atoms with Crippen LogP contribution in [0.25, 0.3) is 22.8 Å². The Kier molecular flexibility index (Phi) is 5.44. The summed E-state index contributed by atoms with van der Waals surface area (Å²) in [5, 5.41) is 4.66. The zero-order chi connectivity index (χ0) is 20.2. The van der Waals surface area contributed by atoms with Crippen molar-refractivity contribution in [3.8, 4) is 34.3 Å². The summed E-state index contributed by atoms with van der Waals surface area (Å²) < 4.78 is 30.3. The van der Waals surface area contributed by atoms with E-state index < -0.39 is 0 Å². The van der Waals surface area contributed by atoms with Crippen molar-refractivity contribution in [1.29, 1.82) is 0 Å². The van der Waals surface area contributed by atoms with Gasteiger partial charge in [-0.15, -0.1) is 0 Å². The van der Waals surface area contributed by atoms with Crippen LogP contribution in [0.15, 0.2) is 71.3 Å². The Morgan fingerprint density at radius 2 is 1.72 bits per heavy atom. The summed E-state index contributed by atoms with van der Waals surface area (Å²) in [7, 11) is 1.53. The molecule has 146 valence electrons. The summed E-state index contributed by atoms with van der Waals surface area (Å²) >= 11 is 5.91. The van der Waals surface area contributed by atoms with E-state index in [1.165, 1.54) is 13.2 Å². The molecule has 0 aliphatic carbocycles. The highest BCUT2D eigenvalue weighted by Crippen LogP contribution is 2.33. The fourth-order valence-electron chi connectivity index (χ4n) is 2.75. The summed E-state index contributed by atoms with van der Waals surface area (Å²) in [4.78, 5) is 4.42. The molecule has 0 radical (unpaired) electrons. The first-order valence-corrected chi connectivity index (χ1v) is 9.16. The van der Waals surface area contributed by atoms with E-state index in [0.717, 1.165) is 5.56 Å². The number of methoxy groups -OCH3 is 1. The Morgan fingerprint density at radius 1 is 0.966 bits per heavy atom. The fourth-order valence-corrected chi connectivity index (χ4v) is 2.87. The highest BCUT2D eigenvalue weighted by molar-refractivity contribution is 6.30. The Labute approximate surface area is 171 Å². The van der Waals surface area contributed by atoms with Gasteiger partial charge in [-0.3, -0.25) is 0 Å². The fraction of sp³-hybridized carbons (Fsp3) is 0.0909. The molecule has 0 saturated carbocycles. The predicted molar refractivity (Wildman–Crippen MR) is 107 cm³/mol. The van der Waals surface area contributed by atoms with Gasteiger partial charge in [0.05, 0.1) is 7.11 Å². The van der Waals surface area contributed by atoms with E-state index in [1.54, 1.807) is 60.7 Å². The first kappa shape index (κ1) is 19.0. The van der Waals surface area contributed by atoms with E-state index in [9.17, 15) is 4.39 Å². The van der Waals surface area contributed by atoms with E-state index in [4.69, 9.17) is 25.6 Å². The minimum Gasteiger partial charge on any atom is -0.493 e. The lowest BCUT2D eigenvalue weighted by Gasteiger charge is -2.11. The third kappa shape index (κ3) is 4.22. The number of nitrogens with zero attached hydrogens (tertiary/aromatic N) is 2. The van der Waals surface area contributed by atoms with Crippen molar-refractivity contribution in [2.45, 2.75) is 6.61 Å². The van der Waals surface area contributed by atoms with Gasteiger partial charge in [-0.1, -0.05) is 35.0 Å². The lowest BCUT2D eigenvalue weighted by Crippen LogP contribution is -2.00. The van der Waals surface area contributed by atoms with E-state index in [0.29, 0.717) is 39.4 Å². The summed E-state index contributed by atoms with van der Waals surface area (Å²) in [6.45, 7) is 0.0886. The standard InChI is InChI=1S/C22H16ClFN2O3/c1-27-20-12-15(8-11-19(20)28-13-16-4-2-3-5-18(16)24)21-25-22(29-26-21)14-6-9-17(23)10-7-14/h2-12H,13H2,1H3. The topological polar surface area (TPSA) is 57.4 Å². The number of aromatic nitrogens is 2. The second-order valence-corrected chi connectivity index (χ2v) is 6.61. The van der Waals surface area contributed by atoms with Gasteiger partial charge in [0.2, 0.25) is 5.82 Å². The second-order valence-electron chi connectivity index (χ2n) is 6.18. The third-order valence-corrected chi connectivity index (χ3v) is 4.53. The molecule has 0 atom stereocenters. The van der Waals surface area contributed by atoms with Crippen molar-refractivity contribution in [2.24, 2.45) is 0 Å². The van der Waals surface area contributed by atoms with Gasteiger partial charge in [0.1, 0.15) is 12.4 Å². The van der Waals surface area contributed by atoms with Crippen molar-refractivity contribution < 1.29 is 18.4 Å². The molecule has 3 aromatic carbocycles. The van der Waals surface area contributed by atoms with Gasteiger partial charge in [0, 0.05) is 21.7 Å². The molecule has 0 fully saturated rings. The van der Waals surface area contributed by atoms with Crippen LogP contribution in [0.5, 0.6) is 11.5 Å². The van der Waals surface area contributed by atoms with Crippen molar-refractivity contribution in [2.75, 3.05) is 7.11 Å². The van der Waals surface area contributed by atoms with Gasteiger partial charge in [-0.25, -0.2) is 4.39 Å². The van der Waals surface area contributed by atoms with Gasteiger partial charge in [-0.05, 0) is 48.5 Å². The SMILES string of the molecule is COc1cc(-c2noc(-c3ccc(Cl)cc3)n2)ccc1OCc1ccccc1F. The van der Waals surface area contributed by atoms with Gasteiger partial charge in [0.15, 0.2) is 11.5 Å². The number of rotatable bonds is 6. The van der Waals surface area contributed by atoms with Crippen LogP contribution in [-0.2, 0) is 6.61 Å². The summed E-state index contributed by atoms with van der Waals surface area (Å²) in [6.07, 6.45) is 0. The average Bonchev–Trinajstić information content (AvgIpc) is 3.24. The molecule has 5 nitrogen and oxygen atoms in total. The number of hydrogen-bond acceptors (Lipinski definition) is 5. The van der Waals surface area contributed by atoms with E-state index in [1.807, 2.05) is 0 Å². The third-order valence-electron chi connectivity index (χ3n) is 4.28.